The number of carbonyl (C=O) groups excluding carboxylic acids is 3. The normalized spacial score (nSPS) is 16.1. The van der Waals surface area contributed by atoms with E-state index in [9.17, 15) is 14.4 Å². The second kappa shape index (κ2) is 9.01. The lowest BCUT2D eigenvalue weighted by Gasteiger charge is -2.17. The van der Waals surface area contributed by atoms with Crippen molar-refractivity contribution in [2.45, 2.75) is 19.9 Å². The van der Waals surface area contributed by atoms with Crippen molar-refractivity contribution in [1.29, 1.82) is 0 Å². The minimum Gasteiger partial charge on any atom is -0.347 e. The van der Waals surface area contributed by atoms with Gasteiger partial charge in [-0.25, -0.2) is 0 Å². The highest BCUT2D eigenvalue weighted by Gasteiger charge is 2.34. The third-order valence-corrected chi connectivity index (χ3v) is 5.34. The van der Waals surface area contributed by atoms with Gasteiger partial charge < -0.3 is 15.5 Å². The molecular weight excluding hydrogens is 422 g/mol. The summed E-state index contributed by atoms with van der Waals surface area (Å²) in [4.78, 5) is 38.4. The number of likely N-dealkylation sites (tertiary alicyclic amines) is 1. The van der Waals surface area contributed by atoms with E-state index < -0.39 is 5.92 Å². The number of hydrogen-bond donors (Lipinski definition) is 2. The molecule has 0 aromatic heterocycles. The lowest BCUT2D eigenvalue weighted by Crippen LogP contribution is -2.37. The van der Waals surface area contributed by atoms with Crippen molar-refractivity contribution in [1.82, 2.24) is 10.2 Å². The molecule has 0 spiro atoms. The van der Waals surface area contributed by atoms with Gasteiger partial charge in [-0.3, -0.25) is 14.4 Å². The number of carbonyl (C=O) groups is 3. The van der Waals surface area contributed by atoms with E-state index in [4.69, 9.17) is 0 Å². The second-order valence-electron chi connectivity index (χ2n) is 6.91. The Morgan fingerprint density at radius 3 is 2.57 bits per heavy atom. The van der Waals surface area contributed by atoms with Gasteiger partial charge in [0.05, 0.1) is 18.2 Å². The predicted octanol–water partition coefficient (Wildman–Crippen LogP) is 2.86. The highest BCUT2D eigenvalue weighted by molar-refractivity contribution is 9.10. The van der Waals surface area contributed by atoms with E-state index >= 15 is 0 Å². The Bertz CT molecular complexity index is 883. The van der Waals surface area contributed by atoms with Gasteiger partial charge in [0.15, 0.2) is 0 Å². The number of aryl methyl sites for hydroxylation is 1. The zero-order valence-electron chi connectivity index (χ0n) is 15.6. The standard InChI is InChI=1S/C21H22BrN3O3/c1-14-6-8-15(9-7-14)12-25-13-16(10-20(25)27)21(28)23-11-19(26)24-18-5-3-2-4-17(18)22/h2-9,16H,10-13H2,1H3,(H,23,28)(H,24,26)/t16-/m0/s1. The first-order chi connectivity index (χ1) is 13.4. The van der Waals surface area contributed by atoms with Gasteiger partial charge in [-0.2, -0.15) is 0 Å². The smallest absolute Gasteiger partial charge is 0.243 e. The van der Waals surface area contributed by atoms with Crippen molar-refractivity contribution in [2.75, 3.05) is 18.4 Å². The minimum atomic E-state index is -0.436. The lowest BCUT2D eigenvalue weighted by atomic mass is 10.1. The maximum absolute atomic E-state index is 12.4. The van der Waals surface area contributed by atoms with E-state index in [1.54, 1.807) is 11.0 Å². The van der Waals surface area contributed by atoms with Gasteiger partial charge in [0, 0.05) is 24.0 Å². The topological polar surface area (TPSA) is 78.5 Å². The van der Waals surface area contributed by atoms with E-state index in [0.717, 1.165) is 15.6 Å². The van der Waals surface area contributed by atoms with E-state index in [2.05, 4.69) is 26.6 Å². The Hall–Kier alpha value is -2.67. The van der Waals surface area contributed by atoms with E-state index in [1.165, 1.54) is 0 Å². The third-order valence-electron chi connectivity index (χ3n) is 4.65. The number of rotatable bonds is 6. The Kier molecular flexibility index (Phi) is 6.46. The first kappa shape index (κ1) is 20.1. The Labute approximate surface area is 172 Å². The van der Waals surface area contributed by atoms with E-state index in [0.29, 0.717) is 18.8 Å². The van der Waals surface area contributed by atoms with Crippen LogP contribution >= 0.6 is 15.9 Å². The van der Waals surface area contributed by atoms with E-state index in [-0.39, 0.29) is 30.7 Å². The van der Waals surface area contributed by atoms with Crippen LogP contribution in [-0.2, 0) is 20.9 Å². The SMILES string of the molecule is Cc1ccc(CN2C[C@@H](C(=O)NCC(=O)Nc3ccccc3Br)CC2=O)cc1. The van der Waals surface area contributed by atoms with Gasteiger partial charge >= 0.3 is 0 Å². The van der Waals surface area contributed by atoms with Gasteiger partial charge in [0.2, 0.25) is 17.7 Å². The summed E-state index contributed by atoms with van der Waals surface area (Å²) in [5.74, 6) is -1.07. The number of benzene rings is 2. The van der Waals surface area contributed by atoms with Crippen LogP contribution in [0.3, 0.4) is 0 Å². The van der Waals surface area contributed by atoms with Crippen LogP contribution in [-0.4, -0.2) is 35.7 Å². The monoisotopic (exact) mass is 443 g/mol. The molecule has 1 aliphatic rings. The number of nitrogens with one attached hydrogen (secondary N) is 2. The van der Waals surface area contributed by atoms with Crippen molar-refractivity contribution < 1.29 is 14.4 Å². The van der Waals surface area contributed by atoms with Crippen molar-refractivity contribution in [2.24, 2.45) is 5.92 Å². The molecular formula is C21H22BrN3O3. The molecule has 0 saturated carbocycles. The molecule has 146 valence electrons. The summed E-state index contributed by atoms with van der Waals surface area (Å²) in [6, 6.07) is 15.2. The van der Waals surface area contributed by atoms with Crippen LogP contribution in [0.25, 0.3) is 0 Å². The second-order valence-corrected chi connectivity index (χ2v) is 7.76. The molecule has 28 heavy (non-hydrogen) atoms. The van der Waals surface area contributed by atoms with Gasteiger partial charge in [-0.1, -0.05) is 42.0 Å². The fraction of sp³-hybridized carbons (Fsp3) is 0.286. The molecule has 3 rings (SSSR count). The number of nitrogens with zero attached hydrogens (tertiary/aromatic N) is 1. The molecule has 2 aromatic rings. The summed E-state index contributed by atoms with van der Waals surface area (Å²) in [6.07, 6.45) is 0.170. The molecule has 0 bridgehead atoms. The van der Waals surface area contributed by atoms with Crippen molar-refractivity contribution in [3.63, 3.8) is 0 Å². The van der Waals surface area contributed by atoms with Crippen molar-refractivity contribution in [3.8, 4) is 0 Å². The van der Waals surface area contributed by atoms with E-state index in [1.807, 2.05) is 49.4 Å². The van der Waals surface area contributed by atoms with Crippen LogP contribution in [0.2, 0.25) is 0 Å². The van der Waals surface area contributed by atoms with Crippen LogP contribution in [0.1, 0.15) is 17.5 Å². The molecule has 7 heteroatoms. The summed E-state index contributed by atoms with van der Waals surface area (Å²) in [5, 5.41) is 5.36. The van der Waals surface area contributed by atoms with Gasteiger partial charge in [0.1, 0.15) is 0 Å². The van der Waals surface area contributed by atoms with Crippen LogP contribution in [0.4, 0.5) is 5.69 Å². The number of anilines is 1. The minimum absolute atomic E-state index is 0.0432. The molecule has 0 unspecified atom stereocenters. The number of hydrogen-bond acceptors (Lipinski definition) is 3. The fourth-order valence-corrected chi connectivity index (χ4v) is 3.47. The molecule has 1 fully saturated rings. The quantitative estimate of drug-likeness (QED) is 0.720. The third kappa shape index (κ3) is 5.19. The molecule has 0 radical (unpaired) electrons. The molecule has 6 nitrogen and oxygen atoms in total. The van der Waals surface area contributed by atoms with Gasteiger partial charge in [-0.05, 0) is 40.5 Å². The van der Waals surface area contributed by atoms with Crippen LogP contribution in [0.5, 0.6) is 0 Å². The summed E-state index contributed by atoms with van der Waals surface area (Å²) >= 11 is 3.36. The molecule has 1 saturated heterocycles. The maximum atomic E-state index is 12.4. The fourth-order valence-electron chi connectivity index (χ4n) is 3.08. The maximum Gasteiger partial charge on any atom is 0.243 e. The zero-order valence-corrected chi connectivity index (χ0v) is 17.2. The Morgan fingerprint density at radius 2 is 1.86 bits per heavy atom. The summed E-state index contributed by atoms with van der Waals surface area (Å²) in [6.45, 7) is 2.73. The average molecular weight is 444 g/mol. The molecule has 3 amide bonds. The predicted molar refractivity (Wildman–Crippen MR) is 110 cm³/mol. The number of amides is 3. The van der Waals surface area contributed by atoms with Crippen LogP contribution in [0.15, 0.2) is 53.0 Å². The largest absolute Gasteiger partial charge is 0.347 e. The lowest BCUT2D eigenvalue weighted by molar-refractivity contribution is -0.129. The molecule has 2 aromatic carbocycles. The van der Waals surface area contributed by atoms with Crippen LogP contribution < -0.4 is 10.6 Å². The molecule has 1 heterocycles. The first-order valence-electron chi connectivity index (χ1n) is 9.08. The highest BCUT2D eigenvalue weighted by Crippen LogP contribution is 2.22. The molecule has 0 aliphatic carbocycles. The van der Waals surface area contributed by atoms with Crippen molar-refractivity contribution in [3.05, 3.63) is 64.1 Å². The first-order valence-corrected chi connectivity index (χ1v) is 9.87. The van der Waals surface area contributed by atoms with Crippen molar-refractivity contribution >= 4 is 39.3 Å². The molecule has 2 N–H and O–H groups in total. The average Bonchev–Trinajstić information content (AvgIpc) is 3.04. The summed E-state index contributed by atoms with van der Waals surface area (Å²) < 4.78 is 0.766. The summed E-state index contributed by atoms with van der Waals surface area (Å²) in [5.41, 5.74) is 2.84. The number of halogens is 1. The van der Waals surface area contributed by atoms with Gasteiger partial charge in [0.25, 0.3) is 0 Å². The van der Waals surface area contributed by atoms with Crippen LogP contribution in [0, 0.1) is 12.8 Å². The highest BCUT2D eigenvalue weighted by atomic mass is 79.9. The zero-order chi connectivity index (χ0) is 20.1. The molecule has 1 atom stereocenters. The number of para-hydroxylation sites is 1. The molecule has 1 aliphatic heterocycles. The Balaban J connectivity index is 1.48. The van der Waals surface area contributed by atoms with Gasteiger partial charge in [-0.15, -0.1) is 0 Å². The summed E-state index contributed by atoms with van der Waals surface area (Å²) in [7, 11) is 0. The Morgan fingerprint density at radius 1 is 1.14 bits per heavy atom.